The number of nitrogens with zero attached hydrogens (tertiary/aromatic N) is 2. The van der Waals surface area contributed by atoms with Gasteiger partial charge < -0.3 is 15.6 Å². The minimum absolute atomic E-state index is 0.0432. The van der Waals surface area contributed by atoms with Gasteiger partial charge in [-0.2, -0.15) is 0 Å². The van der Waals surface area contributed by atoms with Crippen LogP contribution >= 0.6 is 0 Å². The molecule has 2 rings (SSSR count). The van der Waals surface area contributed by atoms with Gasteiger partial charge in [-0.1, -0.05) is 36.4 Å². The molecule has 0 saturated heterocycles. The Morgan fingerprint density at radius 3 is 2.87 bits per heavy atom. The third-order valence-electron chi connectivity index (χ3n) is 3.57. The van der Waals surface area contributed by atoms with Crippen LogP contribution in [0.2, 0.25) is 0 Å². The summed E-state index contributed by atoms with van der Waals surface area (Å²) in [4.78, 5) is 16.4. The van der Waals surface area contributed by atoms with Crippen LogP contribution in [0.5, 0.6) is 0 Å². The zero-order chi connectivity index (χ0) is 16.7. The number of imidazole rings is 1. The second-order valence-corrected chi connectivity index (χ2v) is 5.77. The van der Waals surface area contributed by atoms with Crippen molar-refractivity contribution in [2.45, 2.75) is 38.4 Å². The standard InChI is InChI=1S/C18H24N4O/c1-3-7-14(2)21-18(23)17(19)10-16-12-22(13-20-16)11-15-8-5-4-6-9-15/h3-6,8-9,12-14,17H,1,7,10-11,19H2,2H3,(H,21,23)/t14?,17-/m0/s1. The molecule has 0 aliphatic rings. The number of benzene rings is 1. The highest BCUT2D eigenvalue weighted by Gasteiger charge is 2.17. The van der Waals surface area contributed by atoms with Gasteiger partial charge >= 0.3 is 0 Å². The minimum atomic E-state index is -0.595. The predicted molar refractivity (Wildman–Crippen MR) is 91.9 cm³/mol. The Morgan fingerprint density at radius 2 is 2.17 bits per heavy atom. The third kappa shape index (κ3) is 5.38. The van der Waals surface area contributed by atoms with E-state index in [0.717, 1.165) is 18.7 Å². The smallest absolute Gasteiger partial charge is 0.237 e. The van der Waals surface area contributed by atoms with Crippen LogP contribution in [0.1, 0.15) is 24.6 Å². The number of rotatable bonds is 8. The minimum Gasteiger partial charge on any atom is -0.352 e. The van der Waals surface area contributed by atoms with Crippen molar-refractivity contribution in [3.8, 4) is 0 Å². The number of hydrogen-bond acceptors (Lipinski definition) is 3. The summed E-state index contributed by atoms with van der Waals surface area (Å²) in [5.74, 6) is -0.156. The molecule has 5 heteroatoms. The molecule has 1 aromatic heterocycles. The zero-order valence-electron chi connectivity index (χ0n) is 13.5. The SMILES string of the molecule is C=CCC(C)NC(=O)[C@@H](N)Cc1cn(Cc2ccccc2)cn1. The maximum absolute atomic E-state index is 12.0. The molecule has 2 atom stereocenters. The van der Waals surface area contributed by atoms with Gasteiger partial charge in [-0.3, -0.25) is 4.79 Å². The molecule has 1 aromatic carbocycles. The van der Waals surface area contributed by atoms with Crippen LogP contribution in [0.25, 0.3) is 0 Å². The first kappa shape index (κ1) is 17.0. The van der Waals surface area contributed by atoms with Gasteiger partial charge in [0.25, 0.3) is 0 Å². The molecule has 0 aliphatic carbocycles. The van der Waals surface area contributed by atoms with E-state index in [1.54, 1.807) is 12.4 Å². The van der Waals surface area contributed by atoms with Crippen LogP contribution < -0.4 is 11.1 Å². The van der Waals surface area contributed by atoms with Gasteiger partial charge in [0, 0.05) is 25.2 Å². The maximum atomic E-state index is 12.0. The third-order valence-corrected chi connectivity index (χ3v) is 3.57. The summed E-state index contributed by atoms with van der Waals surface area (Å²) in [6.07, 6.45) is 6.64. The quantitative estimate of drug-likeness (QED) is 0.731. The molecule has 0 bridgehead atoms. The van der Waals surface area contributed by atoms with Gasteiger partial charge in [0.15, 0.2) is 0 Å². The summed E-state index contributed by atoms with van der Waals surface area (Å²) in [5.41, 5.74) is 7.99. The van der Waals surface area contributed by atoms with Crippen molar-refractivity contribution in [3.05, 3.63) is 66.8 Å². The number of aromatic nitrogens is 2. The average Bonchev–Trinajstić information content (AvgIpc) is 2.95. The average molecular weight is 312 g/mol. The Balaban J connectivity index is 1.88. The summed E-state index contributed by atoms with van der Waals surface area (Å²) in [7, 11) is 0. The van der Waals surface area contributed by atoms with Crippen LogP contribution in [0.3, 0.4) is 0 Å². The number of nitrogens with one attached hydrogen (secondary N) is 1. The zero-order valence-corrected chi connectivity index (χ0v) is 13.5. The van der Waals surface area contributed by atoms with Gasteiger partial charge in [-0.15, -0.1) is 6.58 Å². The first-order valence-corrected chi connectivity index (χ1v) is 7.80. The molecular weight excluding hydrogens is 288 g/mol. The number of nitrogens with two attached hydrogens (primary N) is 1. The molecule has 23 heavy (non-hydrogen) atoms. The van der Waals surface area contributed by atoms with Crippen molar-refractivity contribution in [2.24, 2.45) is 5.73 Å². The number of carbonyl (C=O) groups excluding carboxylic acids is 1. The van der Waals surface area contributed by atoms with Crippen molar-refractivity contribution < 1.29 is 4.79 Å². The van der Waals surface area contributed by atoms with Crippen molar-refractivity contribution in [1.82, 2.24) is 14.9 Å². The van der Waals surface area contributed by atoms with Gasteiger partial charge in [0.05, 0.1) is 18.1 Å². The molecule has 0 radical (unpaired) electrons. The highest BCUT2D eigenvalue weighted by molar-refractivity contribution is 5.82. The van der Waals surface area contributed by atoms with E-state index < -0.39 is 6.04 Å². The van der Waals surface area contributed by atoms with Crippen LogP contribution in [0.4, 0.5) is 0 Å². The summed E-state index contributed by atoms with van der Waals surface area (Å²) >= 11 is 0. The fraction of sp³-hybridized carbons (Fsp3) is 0.333. The summed E-state index contributed by atoms with van der Waals surface area (Å²) in [5, 5.41) is 2.88. The predicted octanol–water partition coefficient (Wildman–Crippen LogP) is 1.88. The summed E-state index contributed by atoms with van der Waals surface area (Å²) in [6, 6.07) is 9.60. The monoisotopic (exact) mass is 312 g/mol. The molecule has 5 nitrogen and oxygen atoms in total. The van der Waals surface area contributed by atoms with Crippen molar-refractivity contribution >= 4 is 5.91 Å². The summed E-state index contributed by atoms with van der Waals surface area (Å²) < 4.78 is 2.00. The van der Waals surface area contributed by atoms with Gasteiger partial charge in [0.1, 0.15) is 0 Å². The molecule has 0 saturated carbocycles. The first-order chi connectivity index (χ1) is 11.1. The van der Waals surface area contributed by atoms with E-state index in [9.17, 15) is 4.79 Å². The molecule has 0 aliphatic heterocycles. The number of carbonyl (C=O) groups is 1. The summed E-state index contributed by atoms with van der Waals surface area (Å²) in [6.45, 7) is 6.35. The van der Waals surface area contributed by atoms with Crippen LogP contribution in [-0.2, 0) is 17.8 Å². The Hall–Kier alpha value is -2.40. The lowest BCUT2D eigenvalue weighted by atomic mass is 10.1. The van der Waals surface area contributed by atoms with Crippen LogP contribution in [-0.4, -0.2) is 27.5 Å². The van der Waals surface area contributed by atoms with E-state index in [-0.39, 0.29) is 11.9 Å². The van der Waals surface area contributed by atoms with Crippen molar-refractivity contribution in [3.63, 3.8) is 0 Å². The largest absolute Gasteiger partial charge is 0.352 e. The Labute approximate surface area is 137 Å². The first-order valence-electron chi connectivity index (χ1n) is 7.80. The van der Waals surface area contributed by atoms with E-state index in [2.05, 4.69) is 29.0 Å². The molecule has 122 valence electrons. The van der Waals surface area contributed by atoms with Gasteiger partial charge in [-0.05, 0) is 18.9 Å². The molecule has 1 amide bonds. The van der Waals surface area contributed by atoms with Gasteiger partial charge in [0.2, 0.25) is 5.91 Å². The van der Waals surface area contributed by atoms with Gasteiger partial charge in [-0.25, -0.2) is 4.98 Å². The van der Waals surface area contributed by atoms with E-state index >= 15 is 0 Å². The normalized spacial score (nSPS) is 13.3. The fourth-order valence-corrected chi connectivity index (χ4v) is 2.37. The highest BCUT2D eigenvalue weighted by atomic mass is 16.2. The number of hydrogen-bond donors (Lipinski definition) is 2. The molecule has 0 fully saturated rings. The maximum Gasteiger partial charge on any atom is 0.237 e. The molecule has 0 spiro atoms. The fourth-order valence-electron chi connectivity index (χ4n) is 2.37. The molecule has 1 unspecified atom stereocenters. The van der Waals surface area contributed by atoms with E-state index in [4.69, 9.17) is 5.73 Å². The van der Waals surface area contributed by atoms with Crippen LogP contribution in [0.15, 0.2) is 55.5 Å². The Morgan fingerprint density at radius 1 is 1.43 bits per heavy atom. The highest BCUT2D eigenvalue weighted by Crippen LogP contribution is 2.05. The van der Waals surface area contributed by atoms with E-state index in [1.165, 1.54) is 5.56 Å². The van der Waals surface area contributed by atoms with Crippen molar-refractivity contribution in [2.75, 3.05) is 0 Å². The Bertz CT molecular complexity index is 635. The molecule has 1 heterocycles. The van der Waals surface area contributed by atoms with E-state index in [0.29, 0.717) is 6.42 Å². The Kier molecular flexibility index (Phi) is 6.11. The van der Waals surface area contributed by atoms with Crippen molar-refractivity contribution in [1.29, 1.82) is 0 Å². The molecular formula is C18H24N4O. The second-order valence-electron chi connectivity index (χ2n) is 5.77. The number of amides is 1. The molecule has 3 N–H and O–H groups in total. The second kappa shape index (κ2) is 8.29. The van der Waals surface area contributed by atoms with E-state index in [1.807, 2.05) is 35.9 Å². The van der Waals surface area contributed by atoms with Crippen LogP contribution in [0, 0.1) is 0 Å². The lowest BCUT2D eigenvalue weighted by molar-refractivity contribution is -0.122. The molecule has 2 aromatic rings. The topological polar surface area (TPSA) is 72.9 Å². The lowest BCUT2D eigenvalue weighted by Gasteiger charge is -2.15. The lowest BCUT2D eigenvalue weighted by Crippen LogP contribution is -2.45.